The van der Waals surface area contributed by atoms with Gasteiger partial charge in [0.05, 0.1) is 19.1 Å². The monoisotopic (exact) mass is 238 g/mol. The second-order valence-corrected chi connectivity index (χ2v) is 5.14. The van der Waals surface area contributed by atoms with Crippen LogP contribution in [0.2, 0.25) is 0 Å². The number of nitrogens with zero attached hydrogens (tertiary/aromatic N) is 1. The van der Waals surface area contributed by atoms with Gasteiger partial charge < -0.3 is 19.4 Å². The number of hydrogen-bond donors (Lipinski definition) is 1. The normalized spacial score (nSPS) is 24.6. The number of hydrogen-bond acceptors (Lipinski definition) is 4. The van der Waals surface area contributed by atoms with Gasteiger partial charge in [-0.1, -0.05) is 0 Å². The van der Waals surface area contributed by atoms with Crippen LogP contribution in [0.3, 0.4) is 0 Å². The van der Waals surface area contributed by atoms with Crippen molar-refractivity contribution in [3.63, 3.8) is 0 Å². The molecule has 1 aliphatic heterocycles. The number of furan rings is 1. The standard InChI is InChI=1S/C13H22N2O2/c1-14-9-13(4-6-17-11-13)10-15(2)7-12-3-5-16-8-12/h3,5,8,14H,4,6-7,9-11H2,1-2H3. The highest BCUT2D eigenvalue weighted by molar-refractivity contribution is 5.05. The van der Waals surface area contributed by atoms with Crippen molar-refractivity contribution in [1.82, 2.24) is 10.2 Å². The third-order valence-corrected chi connectivity index (χ3v) is 3.37. The Hall–Kier alpha value is -0.840. The first-order valence-corrected chi connectivity index (χ1v) is 6.16. The summed E-state index contributed by atoms with van der Waals surface area (Å²) < 4.78 is 10.7. The SMILES string of the molecule is CNCC1(CN(C)Cc2ccoc2)CCOC1. The second-order valence-electron chi connectivity index (χ2n) is 5.14. The molecule has 0 saturated carbocycles. The van der Waals surface area contributed by atoms with Crippen molar-refractivity contribution in [2.24, 2.45) is 5.41 Å². The smallest absolute Gasteiger partial charge is 0.0947 e. The van der Waals surface area contributed by atoms with Crippen LogP contribution >= 0.6 is 0 Å². The molecule has 0 amide bonds. The minimum absolute atomic E-state index is 0.271. The molecule has 1 aromatic heterocycles. The van der Waals surface area contributed by atoms with Crippen LogP contribution in [-0.2, 0) is 11.3 Å². The van der Waals surface area contributed by atoms with Crippen molar-refractivity contribution < 1.29 is 9.15 Å². The first kappa shape index (κ1) is 12.6. The van der Waals surface area contributed by atoms with E-state index < -0.39 is 0 Å². The molecule has 0 aliphatic carbocycles. The number of rotatable bonds is 6. The molecule has 4 nitrogen and oxygen atoms in total. The summed E-state index contributed by atoms with van der Waals surface area (Å²) in [6.45, 7) is 4.76. The largest absolute Gasteiger partial charge is 0.472 e. The van der Waals surface area contributed by atoms with Crippen molar-refractivity contribution in [1.29, 1.82) is 0 Å². The van der Waals surface area contributed by atoms with E-state index in [-0.39, 0.29) is 5.41 Å². The Morgan fingerprint density at radius 2 is 2.41 bits per heavy atom. The Morgan fingerprint density at radius 1 is 1.53 bits per heavy atom. The van der Waals surface area contributed by atoms with Crippen LogP contribution in [0, 0.1) is 5.41 Å². The Kier molecular flexibility index (Phi) is 4.20. The van der Waals surface area contributed by atoms with E-state index in [0.717, 1.165) is 39.3 Å². The molecule has 17 heavy (non-hydrogen) atoms. The maximum atomic E-state index is 5.56. The van der Waals surface area contributed by atoms with E-state index >= 15 is 0 Å². The van der Waals surface area contributed by atoms with Crippen LogP contribution in [0.25, 0.3) is 0 Å². The predicted octanol–water partition coefficient (Wildman–Crippen LogP) is 1.34. The van der Waals surface area contributed by atoms with Gasteiger partial charge in [-0.2, -0.15) is 0 Å². The quantitative estimate of drug-likeness (QED) is 0.811. The molecule has 0 radical (unpaired) electrons. The van der Waals surface area contributed by atoms with Crippen molar-refractivity contribution in [3.8, 4) is 0 Å². The zero-order chi connectivity index (χ0) is 12.1. The van der Waals surface area contributed by atoms with Gasteiger partial charge in [0.15, 0.2) is 0 Å². The lowest BCUT2D eigenvalue weighted by Crippen LogP contribution is -2.42. The fraction of sp³-hybridized carbons (Fsp3) is 0.692. The van der Waals surface area contributed by atoms with E-state index in [1.165, 1.54) is 5.56 Å². The molecule has 96 valence electrons. The van der Waals surface area contributed by atoms with Gasteiger partial charge in [-0.3, -0.25) is 0 Å². The third kappa shape index (κ3) is 3.31. The molecule has 2 rings (SSSR count). The van der Waals surface area contributed by atoms with Gasteiger partial charge in [0, 0.05) is 37.2 Å². The van der Waals surface area contributed by atoms with Gasteiger partial charge in [-0.05, 0) is 26.6 Å². The van der Waals surface area contributed by atoms with Crippen LogP contribution < -0.4 is 5.32 Å². The first-order valence-electron chi connectivity index (χ1n) is 6.16. The average molecular weight is 238 g/mol. The Balaban J connectivity index is 1.89. The molecular weight excluding hydrogens is 216 g/mol. The maximum Gasteiger partial charge on any atom is 0.0947 e. The zero-order valence-corrected chi connectivity index (χ0v) is 10.7. The topological polar surface area (TPSA) is 37.6 Å². The van der Waals surface area contributed by atoms with Gasteiger partial charge in [0.1, 0.15) is 0 Å². The molecule has 1 aliphatic rings. The van der Waals surface area contributed by atoms with Crippen LogP contribution in [-0.4, -0.2) is 45.3 Å². The summed E-state index contributed by atoms with van der Waals surface area (Å²) in [5, 5.41) is 3.29. The van der Waals surface area contributed by atoms with Crippen LogP contribution in [0.5, 0.6) is 0 Å². The molecule has 1 saturated heterocycles. The van der Waals surface area contributed by atoms with Crippen molar-refractivity contribution >= 4 is 0 Å². The zero-order valence-electron chi connectivity index (χ0n) is 10.7. The summed E-state index contributed by atoms with van der Waals surface area (Å²) in [5.41, 5.74) is 1.50. The minimum Gasteiger partial charge on any atom is -0.472 e. The molecule has 2 heterocycles. The molecule has 0 aromatic carbocycles. The molecule has 0 spiro atoms. The highest BCUT2D eigenvalue weighted by atomic mass is 16.5. The summed E-state index contributed by atoms with van der Waals surface area (Å²) in [7, 11) is 4.17. The molecule has 1 unspecified atom stereocenters. The Morgan fingerprint density at radius 3 is 3.00 bits per heavy atom. The summed E-state index contributed by atoms with van der Waals surface area (Å²) in [5.74, 6) is 0. The maximum absolute atomic E-state index is 5.56. The van der Waals surface area contributed by atoms with Crippen molar-refractivity contribution in [2.75, 3.05) is 40.4 Å². The van der Waals surface area contributed by atoms with Gasteiger partial charge in [0.25, 0.3) is 0 Å². The van der Waals surface area contributed by atoms with Gasteiger partial charge in [0.2, 0.25) is 0 Å². The van der Waals surface area contributed by atoms with Crippen LogP contribution in [0.15, 0.2) is 23.0 Å². The highest BCUT2D eigenvalue weighted by Gasteiger charge is 2.35. The molecule has 1 fully saturated rings. The molecule has 4 heteroatoms. The summed E-state index contributed by atoms with van der Waals surface area (Å²) >= 11 is 0. The Bertz CT molecular complexity index is 318. The summed E-state index contributed by atoms with van der Waals surface area (Å²) in [4.78, 5) is 2.34. The lowest BCUT2D eigenvalue weighted by Gasteiger charge is -2.32. The Labute approximate surface area is 103 Å². The molecule has 1 atom stereocenters. The highest BCUT2D eigenvalue weighted by Crippen LogP contribution is 2.29. The van der Waals surface area contributed by atoms with Gasteiger partial charge >= 0.3 is 0 Å². The second kappa shape index (κ2) is 5.67. The van der Waals surface area contributed by atoms with E-state index in [9.17, 15) is 0 Å². The van der Waals surface area contributed by atoms with Crippen molar-refractivity contribution in [3.05, 3.63) is 24.2 Å². The van der Waals surface area contributed by atoms with Crippen LogP contribution in [0.1, 0.15) is 12.0 Å². The van der Waals surface area contributed by atoms with Gasteiger partial charge in [-0.15, -0.1) is 0 Å². The van der Waals surface area contributed by atoms with Gasteiger partial charge in [-0.25, -0.2) is 0 Å². The molecule has 0 bridgehead atoms. The average Bonchev–Trinajstić information content (AvgIpc) is 2.90. The molecule has 1 aromatic rings. The fourth-order valence-electron chi connectivity index (χ4n) is 2.67. The first-order chi connectivity index (χ1) is 8.24. The number of nitrogens with one attached hydrogen (secondary N) is 1. The predicted molar refractivity (Wildman–Crippen MR) is 66.8 cm³/mol. The lowest BCUT2D eigenvalue weighted by atomic mass is 9.86. The van der Waals surface area contributed by atoms with E-state index in [4.69, 9.17) is 9.15 Å². The third-order valence-electron chi connectivity index (χ3n) is 3.37. The lowest BCUT2D eigenvalue weighted by molar-refractivity contribution is 0.118. The molecule has 1 N–H and O–H groups in total. The fourth-order valence-corrected chi connectivity index (χ4v) is 2.67. The van der Waals surface area contributed by atoms with Crippen LogP contribution in [0.4, 0.5) is 0 Å². The van der Waals surface area contributed by atoms with E-state index in [0.29, 0.717) is 0 Å². The minimum atomic E-state index is 0.271. The summed E-state index contributed by atoms with van der Waals surface area (Å²) in [6, 6.07) is 2.02. The summed E-state index contributed by atoms with van der Waals surface area (Å²) in [6.07, 6.45) is 4.68. The van der Waals surface area contributed by atoms with E-state index in [1.807, 2.05) is 19.4 Å². The van der Waals surface area contributed by atoms with Crippen molar-refractivity contribution in [2.45, 2.75) is 13.0 Å². The van der Waals surface area contributed by atoms with E-state index in [1.54, 1.807) is 6.26 Å². The molecular formula is C13H22N2O2. The number of ether oxygens (including phenoxy) is 1. The van der Waals surface area contributed by atoms with E-state index in [2.05, 4.69) is 17.3 Å².